The van der Waals surface area contributed by atoms with Crippen LogP contribution in [-0.4, -0.2) is 45.6 Å². The van der Waals surface area contributed by atoms with Crippen molar-refractivity contribution in [3.8, 4) is 11.3 Å². The van der Waals surface area contributed by atoms with Crippen molar-refractivity contribution in [3.63, 3.8) is 0 Å². The molecule has 150 valence electrons. The van der Waals surface area contributed by atoms with Crippen molar-refractivity contribution in [1.82, 2.24) is 25.2 Å². The highest BCUT2D eigenvalue weighted by molar-refractivity contribution is 5.92. The zero-order chi connectivity index (χ0) is 20.0. The van der Waals surface area contributed by atoms with Gasteiger partial charge in [-0.2, -0.15) is 0 Å². The average molecular weight is 390 g/mol. The number of nitrogens with one attached hydrogen (secondary N) is 3. The van der Waals surface area contributed by atoms with Gasteiger partial charge in [-0.25, -0.2) is 9.97 Å². The van der Waals surface area contributed by atoms with Gasteiger partial charge in [-0.3, -0.25) is 4.79 Å². The molecule has 7 heteroatoms. The Bertz CT molecular complexity index is 1090. The fourth-order valence-corrected chi connectivity index (χ4v) is 4.40. The van der Waals surface area contributed by atoms with Gasteiger partial charge in [0.05, 0.1) is 29.1 Å². The van der Waals surface area contributed by atoms with Crippen LogP contribution in [0.5, 0.6) is 0 Å². The smallest absolute Gasteiger partial charge is 0.237 e. The first-order valence-corrected chi connectivity index (χ1v) is 10.3. The van der Waals surface area contributed by atoms with Crippen LogP contribution in [0.2, 0.25) is 0 Å². The van der Waals surface area contributed by atoms with Crippen LogP contribution in [0.3, 0.4) is 0 Å². The number of aryl methyl sites for hydroxylation is 2. The van der Waals surface area contributed by atoms with E-state index >= 15 is 0 Å². The Balaban J connectivity index is 1.66. The number of amides is 1. The molecule has 1 fully saturated rings. The Hall–Kier alpha value is -2.93. The number of hydrogen-bond donors (Lipinski definition) is 3. The third-order valence-corrected chi connectivity index (χ3v) is 6.10. The summed E-state index contributed by atoms with van der Waals surface area (Å²) < 4.78 is 2.18. The van der Waals surface area contributed by atoms with Crippen molar-refractivity contribution in [2.24, 2.45) is 0 Å². The molecule has 3 N–H and O–H groups in total. The Morgan fingerprint density at radius 2 is 2.14 bits per heavy atom. The number of hydrogen-bond acceptors (Lipinski definition) is 5. The van der Waals surface area contributed by atoms with E-state index < -0.39 is 0 Å². The summed E-state index contributed by atoms with van der Waals surface area (Å²) in [6.45, 7) is 6.46. The number of para-hydroxylation sites is 1. The van der Waals surface area contributed by atoms with E-state index in [1.165, 1.54) is 11.1 Å². The normalized spacial score (nSPS) is 21.9. The summed E-state index contributed by atoms with van der Waals surface area (Å²) in [5, 5.41) is 9.95. The summed E-state index contributed by atoms with van der Waals surface area (Å²) in [6.07, 6.45) is 3.50. The molecule has 7 nitrogen and oxygen atoms in total. The zero-order valence-electron chi connectivity index (χ0n) is 16.8. The summed E-state index contributed by atoms with van der Waals surface area (Å²) >= 11 is 0. The largest absolute Gasteiger partial charge is 0.366 e. The highest BCUT2D eigenvalue weighted by Gasteiger charge is 2.29. The fraction of sp³-hybridized carbons (Fsp3) is 0.409. The molecule has 1 amide bonds. The molecule has 2 unspecified atom stereocenters. The average Bonchev–Trinajstić information content (AvgIpc) is 3.34. The molecule has 2 aromatic heterocycles. The van der Waals surface area contributed by atoms with Crippen LogP contribution in [0.25, 0.3) is 22.3 Å². The summed E-state index contributed by atoms with van der Waals surface area (Å²) in [5.74, 6) is 0.933. The van der Waals surface area contributed by atoms with Gasteiger partial charge in [0.2, 0.25) is 5.91 Å². The summed E-state index contributed by atoms with van der Waals surface area (Å²) in [4.78, 5) is 22.1. The molecular formula is C22H26N6O. The van der Waals surface area contributed by atoms with Gasteiger partial charge in [0.15, 0.2) is 0 Å². The molecule has 0 aliphatic carbocycles. The number of nitrogens with zero attached hydrogens (tertiary/aromatic N) is 3. The van der Waals surface area contributed by atoms with Gasteiger partial charge < -0.3 is 20.5 Å². The highest BCUT2D eigenvalue weighted by Crippen LogP contribution is 2.32. The van der Waals surface area contributed by atoms with Crippen molar-refractivity contribution in [2.45, 2.75) is 45.3 Å². The van der Waals surface area contributed by atoms with Crippen LogP contribution in [0.4, 0.5) is 5.82 Å². The first kappa shape index (κ1) is 18.1. The van der Waals surface area contributed by atoms with Crippen LogP contribution in [-0.2, 0) is 11.3 Å². The van der Waals surface area contributed by atoms with Crippen LogP contribution in [0, 0.1) is 13.8 Å². The maximum Gasteiger partial charge on any atom is 0.237 e. The first-order chi connectivity index (χ1) is 14.1. The van der Waals surface area contributed by atoms with E-state index in [-0.39, 0.29) is 18.0 Å². The molecular weight excluding hydrogens is 364 g/mol. The SMILES string of the molecule is Cc1cc2nc(c1C)-c1cccc3ncn(c13)CCCNC(=O)C1CC(CN1)N2. The van der Waals surface area contributed by atoms with Crippen LogP contribution >= 0.6 is 0 Å². The molecule has 4 heterocycles. The minimum atomic E-state index is -0.152. The second-order valence-electron chi connectivity index (χ2n) is 8.09. The number of anilines is 1. The molecule has 4 bridgehead atoms. The van der Waals surface area contributed by atoms with E-state index in [2.05, 4.69) is 51.5 Å². The molecule has 0 spiro atoms. The van der Waals surface area contributed by atoms with Gasteiger partial charge in [0.25, 0.3) is 0 Å². The number of imidazole rings is 1. The lowest BCUT2D eigenvalue weighted by Crippen LogP contribution is -2.40. The van der Waals surface area contributed by atoms with Crippen molar-refractivity contribution in [1.29, 1.82) is 0 Å². The molecule has 2 aliphatic rings. The predicted octanol–water partition coefficient (Wildman–Crippen LogP) is 2.38. The number of carbonyl (C=O) groups is 1. The Morgan fingerprint density at radius 1 is 1.24 bits per heavy atom. The molecule has 0 radical (unpaired) electrons. The number of rotatable bonds is 0. The van der Waals surface area contributed by atoms with E-state index in [0.29, 0.717) is 6.54 Å². The maximum absolute atomic E-state index is 12.5. The maximum atomic E-state index is 12.5. The lowest BCUT2D eigenvalue weighted by atomic mass is 10.0. The van der Waals surface area contributed by atoms with Crippen molar-refractivity contribution in [2.75, 3.05) is 18.4 Å². The van der Waals surface area contributed by atoms with Crippen LogP contribution in [0.1, 0.15) is 24.0 Å². The van der Waals surface area contributed by atoms with Crippen LogP contribution < -0.4 is 16.0 Å². The second-order valence-corrected chi connectivity index (χ2v) is 8.09. The van der Waals surface area contributed by atoms with Crippen molar-refractivity contribution >= 4 is 22.8 Å². The zero-order valence-corrected chi connectivity index (χ0v) is 16.8. The minimum absolute atomic E-state index is 0.0779. The number of carbonyl (C=O) groups excluding carboxylic acids is 1. The third-order valence-electron chi connectivity index (χ3n) is 6.10. The van der Waals surface area contributed by atoms with Gasteiger partial charge in [-0.15, -0.1) is 0 Å². The molecule has 2 aliphatic heterocycles. The topological polar surface area (TPSA) is 83.9 Å². The van der Waals surface area contributed by atoms with Gasteiger partial charge in [-0.05, 0) is 49.9 Å². The number of fused-ring (bicyclic) bond motifs is 5. The van der Waals surface area contributed by atoms with E-state index in [9.17, 15) is 4.79 Å². The van der Waals surface area contributed by atoms with Gasteiger partial charge in [-0.1, -0.05) is 12.1 Å². The molecule has 29 heavy (non-hydrogen) atoms. The summed E-state index contributed by atoms with van der Waals surface area (Å²) in [5.41, 5.74) is 6.54. The second kappa shape index (κ2) is 7.15. The van der Waals surface area contributed by atoms with Gasteiger partial charge >= 0.3 is 0 Å². The molecule has 3 aromatic rings. The minimum Gasteiger partial charge on any atom is -0.366 e. The van der Waals surface area contributed by atoms with Crippen molar-refractivity contribution < 1.29 is 4.79 Å². The third kappa shape index (κ3) is 3.25. The fourth-order valence-electron chi connectivity index (χ4n) is 4.40. The number of pyridine rings is 1. The summed E-state index contributed by atoms with van der Waals surface area (Å²) in [7, 11) is 0. The van der Waals surface area contributed by atoms with Gasteiger partial charge in [0.1, 0.15) is 5.82 Å². The van der Waals surface area contributed by atoms with Crippen molar-refractivity contribution in [3.05, 3.63) is 41.7 Å². The van der Waals surface area contributed by atoms with Crippen LogP contribution in [0.15, 0.2) is 30.6 Å². The van der Waals surface area contributed by atoms with E-state index in [0.717, 1.165) is 54.0 Å². The number of benzene rings is 1. The highest BCUT2D eigenvalue weighted by atomic mass is 16.2. The van der Waals surface area contributed by atoms with Gasteiger partial charge in [0, 0.05) is 31.2 Å². The lowest BCUT2D eigenvalue weighted by Gasteiger charge is -2.17. The van der Waals surface area contributed by atoms with E-state index in [4.69, 9.17) is 4.98 Å². The molecule has 2 atom stereocenters. The lowest BCUT2D eigenvalue weighted by molar-refractivity contribution is -0.122. The molecule has 1 aromatic carbocycles. The first-order valence-electron chi connectivity index (χ1n) is 10.3. The number of aromatic nitrogens is 3. The standard InChI is InChI=1S/C22H26N6O/c1-13-9-19-26-15-10-18(24-11-15)22(29)23-7-4-8-28-12-25-17-6-3-5-16(21(17)28)20(27-19)14(13)2/h3,5-6,9,12,15,18,24H,4,7-8,10-11H2,1-2H3,(H,23,29)(H,26,27). The Kier molecular flexibility index (Phi) is 4.47. The quantitative estimate of drug-likeness (QED) is 0.549. The molecule has 1 saturated heterocycles. The molecule has 0 saturated carbocycles. The Morgan fingerprint density at radius 3 is 3.03 bits per heavy atom. The van der Waals surface area contributed by atoms with E-state index in [1.54, 1.807) is 0 Å². The monoisotopic (exact) mass is 390 g/mol. The Labute approximate surface area is 169 Å². The summed E-state index contributed by atoms with van der Waals surface area (Å²) in [6, 6.07) is 8.35. The molecule has 5 rings (SSSR count). The van der Waals surface area contributed by atoms with E-state index in [1.807, 2.05) is 18.5 Å². The predicted molar refractivity (Wildman–Crippen MR) is 114 cm³/mol.